The summed E-state index contributed by atoms with van der Waals surface area (Å²) >= 11 is 0. The van der Waals surface area contributed by atoms with E-state index in [2.05, 4.69) is 0 Å². The van der Waals surface area contributed by atoms with Gasteiger partial charge in [0.2, 0.25) is 0 Å². The molecule has 1 rings (SSSR count). The Balaban J connectivity index is 2.97. The Kier molecular flexibility index (Phi) is 4.23. The van der Waals surface area contributed by atoms with Crippen LogP contribution in [0, 0.1) is 0 Å². The highest BCUT2D eigenvalue weighted by Gasteiger charge is 2.03. The molecule has 0 unspecified atom stereocenters. The van der Waals surface area contributed by atoms with Gasteiger partial charge in [0.15, 0.2) is 12.1 Å². The quantitative estimate of drug-likeness (QED) is 0.324. The molecule has 0 aliphatic carbocycles. The molecule has 0 N–H and O–H groups in total. The van der Waals surface area contributed by atoms with Crippen LogP contribution < -0.4 is 0 Å². The topological polar surface area (TPSA) is 34.1 Å². The zero-order valence-corrected chi connectivity index (χ0v) is 8.51. The van der Waals surface area contributed by atoms with Crippen LogP contribution in [0.15, 0.2) is 48.1 Å². The lowest BCUT2D eigenvalue weighted by atomic mass is 10.1. The van der Waals surface area contributed by atoms with E-state index in [0.29, 0.717) is 6.29 Å². The monoisotopic (exact) mass is 200 g/mol. The first-order chi connectivity index (χ1) is 7.27. The summed E-state index contributed by atoms with van der Waals surface area (Å²) in [6, 6.07) is 9.27. The van der Waals surface area contributed by atoms with Gasteiger partial charge in [-0.05, 0) is 24.6 Å². The Morgan fingerprint density at radius 1 is 1.20 bits per heavy atom. The van der Waals surface area contributed by atoms with E-state index in [1.54, 1.807) is 19.1 Å². The minimum atomic E-state index is -0.267. The molecule has 0 radical (unpaired) electrons. The van der Waals surface area contributed by atoms with Gasteiger partial charge in [-0.25, -0.2) is 0 Å². The van der Waals surface area contributed by atoms with E-state index in [1.807, 2.05) is 30.3 Å². The molecule has 0 aliphatic heterocycles. The van der Waals surface area contributed by atoms with Crippen LogP contribution in [0.1, 0.15) is 12.5 Å². The van der Waals surface area contributed by atoms with E-state index in [1.165, 1.54) is 6.08 Å². The van der Waals surface area contributed by atoms with E-state index in [4.69, 9.17) is 0 Å². The van der Waals surface area contributed by atoms with Gasteiger partial charge < -0.3 is 0 Å². The van der Waals surface area contributed by atoms with E-state index < -0.39 is 0 Å². The Bertz CT molecular complexity index is 400. The standard InChI is InChI=1S/C13H12O2/c1-2-6-13(15)12(10-14)9-11-7-4-3-5-8-11/h2-10H,1H3/b6-2+,12-9?. The van der Waals surface area contributed by atoms with Crippen LogP contribution in [-0.4, -0.2) is 12.1 Å². The van der Waals surface area contributed by atoms with Gasteiger partial charge in [0.1, 0.15) is 0 Å². The molecule has 0 atom stereocenters. The van der Waals surface area contributed by atoms with Crippen molar-refractivity contribution in [3.8, 4) is 0 Å². The molecule has 0 saturated carbocycles. The number of allylic oxidation sites excluding steroid dienone is 3. The molecule has 1 aromatic carbocycles. The fourth-order valence-corrected chi connectivity index (χ4v) is 1.14. The summed E-state index contributed by atoms with van der Waals surface area (Å²) in [5, 5.41) is 0. The van der Waals surface area contributed by atoms with Crippen LogP contribution in [0.25, 0.3) is 6.08 Å². The Labute approximate surface area is 88.9 Å². The van der Waals surface area contributed by atoms with Crippen LogP contribution >= 0.6 is 0 Å². The molecule has 15 heavy (non-hydrogen) atoms. The van der Waals surface area contributed by atoms with Gasteiger partial charge in [0.05, 0.1) is 5.57 Å². The molecule has 2 heteroatoms. The van der Waals surface area contributed by atoms with Crippen molar-refractivity contribution in [2.75, 3.05) is 0 Å². The SMILES string of the molecule is C/C=C/C(=O)C(C=O)=Cc1ccccc1. The molecule has 0 bridgehead atoms. The Morgan fingerprint density at radius 2 is 1.87 bits per heavy atom. The van der Waals surface area contributed by atoms with Crippen molar-refractivity contribution in [2.45, 2.75) is 6.92 Å². The van der Waals surface area contributed by atoms with Crippen molar-refractivity contribution in [1.29, 1.82) is 0 Å². The predicted octanol–water partition coefficient (Wildman–Crippen LogP) is 2.41. The summed E-state index contributed by atoms with van der Waals surface area (Å²) in [7, 11) is 0. The van der Waals surface area contributed by atoms with Gasteiger partial charge >= 0.3 is 0 Å². The summed E-state index contributed by atoms with van der Waals surface area (Å²) in [5.41, 5.74) is 1.01. The van der Waals surface area contributed by atoms with Gasteiger partial charge in [0, 0.05) is 0 Å². The van der Waals surface area contributed by atoms with Crippen LogP contribution in [0.4, 0.5) is 0 Å². The van der Waals surface area contributed by atoms with Gasteiger partial charge in [-0.3, -0.25) is 9.59 Å². The average molecular weight is 200 g/mol. The lowest BCUT2D eigenvalue weighted by Gasteiger charge is -1.95. The van der Waals surface area contributed by atoms with Crippen LogP contribution in [-0.2, 0) is 9.59 Å². The number of carbonyl (C=O) groups excluding carboxylic acids is 2. The molecule has 0 heterocycles. The second-order valence-corrected chi connectivity index (χ2v) is 2.99. The molecule has 0 aromatic heterocycles. The van der Waals surface area contributed by atoms with Crippen molar-refractivity contribution in [2.24, 2.45) is 0 Å². The van der Waals surface area contributed by atoms with Crippen LogP contribution in [0.5, 0.6) is 0 Å². The number of benzene rings is 1. The molecule has 0 saturated heterocycles. The van der Waals surface area contributed by atoms with Crippen LogP contribution in [0.3, 0.4) is 0 Å². The highest BCUT2D eigenvalue weighted by atomic mass is 16.1. The Hall–Kier alpha value is -1.96. The third kappa shape index (κ3) is 3.35. The van der Waals surface area contributed by atoms with Gasteiger partial charge in [-0.1, -0.05) is 36.4 Å². The third-order valence-electron chi connectivity index (χ3n) is 1.85. The fraction of sp³-hybridized carbons (Fsp3) is 0.0769. The summed E-state index contributed by atoms with van der Waals surface area (Å²) in [5.74, 6) is -0.267. The summed E-state index contributed by atoms with van der Waals surface area (Å²) in [6.07, 6.45) is 5.15. The predicted molar refractivity (Wildman–Crippen MR) is 60.3 cm³/mol. The normalized spacial score (nSPS) is 11.7. The van der Waals surface area contributed by atoms with E-state index >= 15 is 0 Å². The number of hydrogen-bond donors (Lipinski definition) is 0. The first-order valence-corrected chi connectivity index (χ1v) is 4.67. The first-order valence-electron chi connectivity index (χ1n) is 4.67. The van der Waals surface area contributed by atoms with Crippen molar-refractivity contribution in [1.82, 2.24) is 0 Å². The maximum Gasteiger partial charge on any atom is 0.188 e. The largest absolute Gasteiger partial charge is 0.298 e. The maximum absolute atomic E-state index is 11.4. The molecular formula is C13H12O2. The number of ketones is 1. The second-order valence-electron chi connectivity index (χ2n) is 2.99. The smallest absolute Gasteiger partial charge is 0.188 e. The number of carbonyl (C=O) groups is 2. The fourth-order valence-electron chi connectivity index (χ4n) is 1.14. The maximum atomic E-state index is 11.4. The lowest BCUT2D eigenvalue weighted by molar-refractivity contribution is -0.114. The molecule has 0 aliphatic rings. The van der Waals surface area contributed by atoms with Gasteiger partial charge in [-0.2, -0.15) is 0 Å². The minimum Gasteiger partial charge on any atom is -0.298 e. The highest BCUT2D eigenvalue weighted by molar-refractivity contribution is 6.20. The van der Waals surface area contributed by atoms with Gasteiger partial charge in [0.25, 0.3) is 0 Å². The summed E-state index contributed by atoms with van der Waals surface area (Å²) in [6.45, 7) is 1.74. The summed E-state index contributed by atoms with van der Waals surface area (Å²) < 4.78 is 0. The molecular weight excluding hydrogens is 188 g/mol. The molecule has 0 amide bonds. The van der Waals surface area contributed by atoms with E-state index in [9.17, 15) is 9.59 Å². The average Bonchev–Trinajstić information content (AvgIpc) is 2.27. The zero-order valence-electron chi connectivity index (χ0n) is 8.51. The number of rotatable bonds is 4. The second kappa shape index (κ2) is 5.70. The lowest BCUT2D eigenvalue weighted by Crippen LogP contribution is -1.99. The first kappa shape index (κ1) is 11.1. The third-order valence-corrected chi connectivity index (χ3v) is 1.85. The van der Waals surface area contributed by atoms with Crippen molar-refractivity contribution >= 4 is 18.1 Å². The van der Waals surface area contributed by atoms with E-state index in [0.717, 1.165) is 5.56 Å². The Morgan fingerprint density at radius 3 is 2.40 bits per heavy atom. The van der Waals surface area contributed by atoms with E-state index in [-0.39, 0.29) is 11.4 Å². The van der Waals surface area contributed by atoms with Crippen LogP contribution in [0.2, 0.25) is 0 Å². The molecule has 76 valence electrons. The van der Waals surface area contributed by atoms with Crippen molar-refractivity contribution < 1.29 is 9.59 Å². The summed E-state index contributed by atoms with van der Waals surface area (Å²) in [4.78, 5) is 22.1. The molecule has 0 fully saturated rings. The minimum absolute atomic E-state index is 0.166. The molecule has 1 aromatic rings. The van der Waals surface area contributed by atoms with Crippen molar-refractivity contribution in [3.63, 3.8) is 0 Å². The molecule has 2 nitrogen and oxygen atoms in total. The number of hydrogen-bond acceptors (Lipinski definition) is 2. The highest BCUT2D eigenvalue weighted by Crippen LogP contribution is 2.06. The molecule has 0 spiro atoms. The van der Waals surface area contributed by atoms with Gasteiger partial charge in [-0.15, -0.1) is 0 Å². The zero-order chi connectivity index (χ0) is 11.1. The van der Waals surface area contributed by atoms with Crippen molar-refractivity contribution in [3.05, 3.63) is 53.6 Å². The number of aldehydes is 1.